The number of cyclic esters (lactones) is 1. The van der Waals surface area contributed by atoms with Crippen molar-refractivity contribution >= 4 is 29.2 Å². The molecule has 3 N–H and O–H groups in total. The van der Waals surface area contributed by atoms with Crippen molar-refractivity contribution in [2.24, 2.45) is 29.6 Å². The summed E-state index contributed by atoms with van der Waals surface area (Å²) in [5, 5.41) is 33.8. The van der Waals surface area contributed by atoms with Gasteiger partial charge in [-0.15, -0.1) is 0 Å². The molecule has 1 saturated carbocycles. The maximum absolute atomic E-state index is 14.4. The van der Waals surface area contributed by atoms with Gasteiger partial charge < -0.3 is 43.9 Å². The molecule has 0 unspecified atom stereocenters. The van der Waals surface area contributed by atoms with Gasteiger partial charge in [-0.2, -0.15) is 0 Å². The van der Waals surface area contributed by atoms with E-state index in [1.807, 2.05) is 58.1 Å². The first-order valence-electron chi connectivity index (χ1n) is 23.6. The molecule has 1 saturated heterocycles. The number of carbonyl (C=O) groups is 5. The number of aliphatic hydroxyl groups is 3. The van der Waals surface area contributed by atoms with Gasteiger partial charge in [-0.05, 0) is 113 Å². The number of Topliss-reactive ketones (excluding diaryl/α,β-unsaturated/α-hetero) is 3. The molecular weight excluding hydrogens is 835 g/mol. The van der Waals surface area contributed by atoms with Gasteiger partial charge in [0.25, 0.3) is 17.5 Å². The number of esters is 1. The Morgan fingerprint density at radius 1 is 0.877 bits per heavy atom. The lowest BCUT2D eigenvalue weighted by Crippen LogP contribution is -2.58. The molecular formula is C51H77NO13. The van der Waals surface area contributed by atoms with Crippen molar-refractivity contribution in [2.75, 3.05) is 27.9 Å². The van der Waals surface area contributed by atoms with Crippen molar-refractivity contribution in [1.82, 2.24) is 4.90 Å². The molecule has 0 radical (unpaired) electrons. The van der Waals surface area contributed by atoms with E-state index in [1.165, 1.54) is 14.0 Å². The van der Waals surface area contributed by atoms with Crippen LogP contribution in [0.25, 0.3) is 0 Å². The molecule has 4 aliphatic rings. The molecule has 0 aromatic carbocycles. The SMILES string of the molecule is CO[C@H]1C[C@@H]2CC=C(C)[C@@](O)(O2)C(=O)C(=O)N2CCCC[C@H]2C(=O)O[C@H]([C@H](C)C[C@@H]2CC[C@@H](O)[C@H](OC)C2)CC(=O)[C@H](C)/C=C(\C)[C@@H](O)[C@@H](OC)C(=O)[C@H](C)C[C@H](C)/C=C/C=CC=C1C. The minimum atomic E-state index is -2.57. The van der Waals surface area contributed by atoms with Gasteiger partial charge >= 0.3 is 5.97 Å². The predicted octanol–water partition coefficient (Wildman–Crippen LogP) is 6.10. The van der Waals surface area contributed by atoms with Crippen LogP contribution in [0.1, 0.15) is 119 Å². The molecule has 0 aromatic heterocycles. The minimum absolute atomic E-state index is 0.0139. The summed E-state index contributed by atoms with van der Waals surface area (Å²) in [6.45, 7) is 12.5. The number of piperidine rings is 1. The third-order valence-electron chi connectivity index (χ3n) is 14.1. The summed E-state index contributed by atoms with van der Waals surface area (Å²) in [6, 6.07) is -1.16. The highest BCUT2D eigenvalue weighted by atomic mass is 16.6. The van der Waals surface area contributed by atoms with E-state index in [9.17, 15) is 39.3 Å². The van der Waals surface area contributed by atoms with Crippen molar-refractivity contribution in [3.8, 4) is 0 Å². The predicted molar refractivity (Wildman–Crippen MR) is 245 cm³/mol. The molecule has 65 heavy (non-hydrogen) atoms. The summed E-state index contributed by atoms with van der Waals surface area (Å²) in [4.78, 5) is 71.7. The number of rotatable bonds is 6. The maximum atomic E-state index is 14.4. The lowest BCUT2D eigenvalue weighted by Gasteiger charge is -2.39. The van der Waals surface area contributed by atoms with Crippen molar-refractivity contribution in [2.45, 2.75) is 174 Å². The fourth-order valence-corrected chi connectivity index (χ4v) is 9.81. The first-order chi connectivity index (χ1) is 30.7. The number of allylic oxidation sites excluding steroid dienone is 6. The number of nitrogens with zero attached hydrogens (tertiary/aromatic N) is 1. The average Bonchev–Trinajstić information content (AvgIpc) is 3.28. The molecule has 14 heteroatoms. The van der Waals surface area contributed by atoms with Crippen molar-refractivity contribution in [3.63, 3.8) is 0 Å². The molecule has 2 fully saturated rings. The Balaban J connectivity index is 1.71. The van der Waals surface area contributed by atoms with Crippen LogP contribution in [0.5, 0.6) is 0 Å². The number of carbonyl (C=O) groups excluding carboxylic acids is 5. The van der Waals surface area contributed by atoms with E-state index in [-0.39, 0.29) is 66.8 Å². The average molecular weight is 912 g/mol. The van der Waals surface area contributed by atoms with Crippen LogP contribution in [-0.2, 0) is 47.7 Å². The second kappa shape index (κ2) is 24.9. The molecule has 3 aliphatic heterocycles. The zero-order valence-electron chi connectivity index (χ0n) is 40.4. The lowest BCUT2D eigenvalue weighted by molar-refractivity contribution is -0.215. The van der Waals surface area contributed by atoms with Gasteiger partial charge in [-0.3, -0.25) is 19.2 Å². The van der Waals surface area contributed by atoms with E-state index in [2.05, 4.69) is 0 Å². The normalized spacial score (nSPS) is 37.9. The Hall–Kier alpha value is -3.63. The molecule has 2 bridgehead atoms. The molecule has 14 nitrogen and oxygen atoms in total. The van der Waals surface area contributed by atoms with Gasteiger partial charge in [0.2, 0.25) is 0 Å². The molecule has 3 heterocycles. The number of fused-ring (bicyclic) bond motifs is 3. The van der Waals surface area contributed by atoms with Crippen LogP contribution in [0.3, 0.4) is 0 Å². The van der Waals surface area contributed by atoms with Gasteiger partial charge in [-0.1, -0.05) is 70.2 Å². The standard InChI is InChI=1S/C51H77NO13/c1-30-16-12-11-13-17-31(2)42(61-8)28-38-21-19-36(7)51(60,65-38)48(57)49(58)52-23-15-14-18-39(52)50(59)64-43(33(4)26-37-20-22-40(53)44(27-37)62-9)29-41(54)32(3)25-35(6)46(56)47(63-10)45(55)34(5)24-30/h11-13,16-17,19,25,30,32-34,37-40,42-44,46-47,53,56,60H,14-15,18,20-24,26-29H2,1-10H3/b13-11?,16-12+,31-17?,35-25+/t30-,32-,33-,34-,37+,38+,39+,40-,42+,43+,44-,46-,47+,51-/m1/s1. The van der Waals surface area contributed by atoms with E-state index >= 15 is 0 Å². The lowest BCUT2D eigenvalue weighted by atomic mass is 9.78. The summed E-state index contributed by atoms with van der Waals surface area (Å²) in [6.07, 6.45) is 12.0. The van der Waals surface area contributed by atoms with Crippen LogP contribution in [0.15, 0.2) is 59.3 Å². The first kappa shape index (κ1) is 54.0. The molecule has 1 amide bonds. The highest BCUT2D eigenvalue weighted by Crippen LogP contribution is 2.36. The monoisotopic (exact) mass is 912 g/mol. The summed E-state index contributed by atoms with van der Waals surface area (Å²) >= 11 is 0. The third kappa shape index (κ3) is 14.2. The molecule has 14 atom stereocenters. The zero-order valence-corrected chi connectivity index (χ0v) is 40.4. The number of hydrogen-bond donors (Lipinski definition) is 3. The van der Waals surface area contributed by atoms with E-state index in [4.69, 9.17) is 23.7 Å². The molecule has 4 rings (SSSR count). The van der Waals surface area contributed by atoms with Crippen LogP contribution >= 0.6 is 0 Å². The quantitative estimate of drug-likeness (QED) is 0.157. The van der Waals surface area contributed by atoms with Crippen LogP contribution in [0.4, 0.5) is 0 Å². The molecule has 1 aliphatic carbocycles. The largest absolute Gasteiger partial charge is 0.460 e. The second-order valence-electron chi connectivity index (χ2n) is 19.2. The highest BCUT2D eigenvalue weighted by molar-refractivity contribution is 6.39. The van der Waals surface area contributed by atoms with E-state index in [0.29, 0.717) is 50.5 Å². The maximum Gasteiger partial charge on any atom is 0.329 e. The fraction of sp³-hybridized carbons (Fsp3) is 0.706. The van der Waals surface area contributed by atoms with Crippen LogP contribution in [-0.4, -0.2) is 132 Å². The Bertz CT molecular complexity index is 1820. The van der Waals surface area contributed by atoms with Gasteiger partial charge in [0.15, 0.2) is 5.78 Å². The summed E-state index contributed by atoms with van der Waals surface area (Å²) in [5.74, 6) is -7.55. The Kier molecular flexibility index (Phi) is 20.7. The summed E-state index contributed by atoms with van der Waals surface area (Å²) in [7, 11) is 4.50. The Labute approximate surface area is 386 Å². The van der Waals surface area contributed by atoms with Crippen molar-refractivity contribution in [1.29, 1.82) is 0 Å². The summed E-state index contributed by atoms with van der Waals surface area (Å²) in [5.41, 5.74) is 1.41. The number of ketones is 3. The fourth-order valence-electron chi connectivity index (χ4n) is 9.81. The van der Waals surface area contributed by atoms with Crippen LogP contribution in [0, 0.1) is 29.6 Å². The smallest absolute Gasteiger partial charge is 0.329 e. The minimum Gasteiger partial charge on any atom is -0.460 e. The Morgan fingerprint density at radius 2 is 1.60 bits per heavy atom. The van der Waals surface area contributed by atoms with Gasteiger partial charge in [0.05, 0.1) is 24.4 Å². The van der Waals surface area contributed by atoms with E-state index in [0.717, 1.165) is 16.9 Å². The summed E-state index contributed by atoms with van der Waals surface area (Å²) < 4.78 is 29.3. The zero-order chi connectivity index (χ0) is 48.2. The number of hydrogen-bond acceptors (Lipinski definition) is 13. The van der Waals surface area contributed by atoms with Crippen molar-refractivity contribution < 1.29 is 63.0 Å². The third-order valence-corrected chi connectivity index (χ3v) is 14.1. The Morgan fingerprint density at radius 3 is 2.28 bits per heavy atom. The number of ether oxygens (including phenoxy) is 5. The molecule has 0 aromatic rings. The van der Waals surface area contributed by atoms with Gasteiger partial charge in [0.1, 0.15) is 30.1 Å². The number of methoxy groups -OCH3 is 3. The molecule has 0 spiro atoms. The van der Waals surface area contributed by atoms with Crippen LogP contribution in [0.2, 0.25) is 0 Å². The van der Waals surface area contributed by atoms with E-state index < -0.39 is 77.9 Å². The van der Waals surface area contributed by atoms with E-state index in [1.54, 1.807) is 40.2 Å². The van der Waals surface area contributed by atoms with Gasteiger partial charge in [0, 0.05) is 52.6 Å². The molecule has 364 valence electrons. The van der Waals surface area contributed by atoms with Gasteiger partial charge in [-0.25, -0.2) is 4.79 Å². The highest BCUT2D eigenvalue weighted by Gasteiger charge is 2.50. The number of amides is 1. The number of aliphatic hydroxyl groups excluding tert-OH is 2. The van der Waals surface area contributed by atoms with Crippen molar-refractivity contribution in [3.05, 3.63) is 59.3 Å². The topological polar surface area (TPSA) is 195 Å². The second-order valence-corrected chi connectivity index (χ2v) is 19.2. The van der Waals surface area contributed by atoms with Crippen LogP contribution < -0.4 is 0 Å². The first-order valence-corrected chi connectivity index (χ1v) is 23.6.